The Hall–Kier alpha value is -0.884. The SMILES string of the molecule is O=C(CC(=O)C(F)(F)F)c1cccc2ccccc12.[Tb]. The number of carbonyl (C=O) groups excluding carboxylic acids is 2. The predicted molar refractivity (Wildman–Crippen MR) is 64.0 cm³/mol. The van der Waals surface area contributed by atoms with Crippen molar-refractivity contribution in [1.82, 2.24) is 0 Å². The molecule has 2 nitrogen and oxygen atoms in total. The van der Waals surface area contributed by atoms with Gasteiger partial charge in [0.05, 0.1) is 6.42 Å². The molecule has 0 amide bonds. The molecule has 1 radical (unpaired) electrons. The molecule has 2 rings (SSSR count). The summed E-state index contributed by atoms with van der Waals surface area (Å²) >= 11 is 0. The van der Waals surface area contributed by atoms with Crippen LogP contribution in [0.3, 0.4) is 0 Å². The van der Waals surface area contributed by atoms with Crippen molar-refractivity contribution in [3.8, 4) is 0 Å². The summed E-state index contributed by atoms with van der Waals surface area (Å²) in [6.45, 7) is 0. The van der Waals surface area contributed by atoms with Gasteiger partial charge < -0.3 is 0 Å². The summed E-state index contributed by atoms with van der Waals surface area (Å²) in [7, 11) is 0. The van der Waals surface area contributed by atoms with E-state index in [1.54, 1.807) is 36.4 Å². The van der Waals surface area contributed by atoms with Gasteiger partial charge in [-0.2, -0.15) is 13.2 Å². The Kier molecular flexibility index (Phi) is 5.76. The minimum absolute atomic E-state index is 0. The topological polar surface area (TPSA) is 34.1 Å². The van der Waals surface area contributed by atoms with Crippen LogP contribution >= 0.6 is 0 Å². The standard InChI is InChI=1S/C14H9F3O2.Tb/c15-14(16,17)13(19)8-12(18)11-7-3-5-9-4-1-2-6-10(9)11;/h1-7H,8H2;. The van der Waals surface area contributed by atoms with Gasteiger partial charge in [0, 0.05) is 44.2 Å². The summed E-state index contributed by atoms with van der Waals surface area (Å²) in [4.78, 5) is 22.6. The number of hydrogen-bond donors (Lipinski definition) is 0. The second-order valence-corrected chi connectivity index (χ2v) is 4.05. The van der Waals surface area contributed by atoms with Crippen molar-refractivity contribution in [2.45, 2.75) is 12.6 Å². The van der Waals surface area contributed by atoms with Gasteiger partial charge in [-0.3, -0.25) is 9.59 Å². The normalized spacial score (nSPS) is 10.9. The molecular formula is C14H9F3O2Tb. The first-order valence-electron chi connectivity index (χ1n) is 5.50. The smallest absolute Gasteiger partial charge is 0.294 e. The average Bonchev–Trinajstić information content (AvgIpc) is 2.36. The number of halogens is 3. The fraction of sp³-hybridized carbons (Fsp3) is 0.143. The van der Waals surface area contributed by atoms with Gasteiger partial charge in [0.25, 0.3) is 0 Å². The Labute approximate surface area is 143 Å². The van der Waals surface area contributed by atoms with Crippen molar-refractivity contribution < 1.29 is 61.4 Å². The Morgan fingerprint density at radius 1 is 0.950 bits per heavy atom. The van der Waals surface area contributed by atoms with Crippen molar-refractivity contribution in [3.05, 3.63) is 48.0 Å². The van der Waals surface area contributed by atoms with E-state index in [1.807, 2.05) is 0 Å². The van der Waals surface area contributed by atoms with Gasteiger partial charge in [-0.1, -0.05) is 42.5 Å². The van der Waals surface area contributed by atoms with Crippen LogP contribution in [0.25, 0.3) is 10.8 Å². The maximum absolute atomic E-state index is 12.1. The molecule has 0 aliphatic rings. The van der Waals surface area contributed by atoms with E-state index < -0.39 is 24.2 Å². The summed E-state index contributed by atoms with van der Waals surface area (Å²) in [5, 5.41) is 1.29. The molecule has 0 N–H and O–H groups in total. The maximum atomic E-state index is 12.1. The Balaban J connectivity index is 0.00000200. The van der Waals surface area contributed by atoms with Gasteiger partial charge in [-0.25, -0.2) is 0 Å². The largest absolute Gasteiger partial charge is 0.450 e. The van der Waals surface area contributed by atoms with Gasteiger partial charge >= 0.3 is 6.18 Å². The van der Waals surface area contributed by atoms with Crippen molar-refractivity contribution in [2.75, 3.05) is 0 Å². The van der Waals surface area contributed by atoms with Crippen LogP contribution in [-0.2, 0) is 4.79 Å². The zero-order chi connectivity index (χ0) is 14.0. The maximum Gasteiger partial charge on any atom is 0.450 e. The van der Waals surface area contributed by atoms with Crippen LogP contribution < -0.4 is 0 Å². The summed E-state index contributed by atoms with van der Waals surface area (Å²) in [5.41, 5.74) is 0.135. The van der Waals surface area contributed by atoms with Gasteiger partial charge in [0.2, 0.25) is 5.78 Å². The fourth-order valence-electron chi connectivity index (χ4n) is 1.81. The zero-order valence-electron chi connectivity index (χ0n) is 10.0. The number of rotatable bonds is 3. The van der Waals surface area contributed by atoms with E-state index in [0.717, 1.165) is 5.39 Å². The Morgan fingerprint density at radius 3 is 2.20 bits per heavy atom. The summed E-state index contributed by atoms with van der Waals surface area (Å²) in [6.07, 6.45) is -6.13. The number of Topliss-reactive ketones (excluding diaryl/α,β-unsaturated/α-hetero) is 2. The Morgan fingerprint density at radius 2 is 1.55 bits per heavy atom. The first-order valence-corrected chi connectivity index (χ1v) is 5.50. The van der Waals surface area contributed by atoms with E-state index in [4.69, 9.17) is 0 Å². The van der Waals surface area contributed by atoms with Crippen LogP contribution in [0.2, 0.25) is 0 Å². The molecule has 0 aliphatic heterocycles. The molecule has 0 fully saturated rings. The van der Waals surface area contributed by atoms with Crippen molar-refractivity contribution in [2.24, 2.45) is 0 Å². The van der Waals surface area contributed by atoms with Gasteiger partial charge in [-0.15, -0.1) is 0 Å². The van der Waals surface area contributed by atoms with E-state index >= 15 is 0 Å². The Bertz CT molecular complexity index is 645. The van der Waals surface area contributed by atoms with Crippen molar-refractivity contribution >= 4 is 22.3 Å². The molecule has 0 spiro atoms. The quantitative estimate of drug-likeness (QED) is 0.557. The van der Waals surface area contributed by atoms with Crippen LogP contribution in [0.15, 0.2) is 42.5 Å². The number of ketones is 2. The first kappa shape index (κ1) is 17.2. The van der Waals surface area contributed by atoms with E-state index in [0.29, 0.717) is 5.39 Å². The third-order valence-electron chi connectivity index (χ3n) is 2.73. The van der Waals surface area contributed by atoms with Crippen LogP contribution in [0, 0.1) is 38.6 Å². The predicted octanol–water partition coefficient (Wildman–Crippen LogP) is 3.54. The molecule has 0 aromatic heterocycles. The molecule has 0 heterocycles. The molecule has 0 atom stereocenters. The van der Waals surface area contributed by atoms with Crippen LogP contribution in [0.5, 0.6) is 0 Å². The van der Waals surface area contributed by atoms with Crippen molar-refractivity contribution in [1.29, 1.82) is 0 Å². The zero-order valence-corrected chi connectivity index (χ0v) is 12.2. The van der Waals surface area contributed by atoms with Crippen LogP contribution in [0.4, 0.5) is 13.2 Å². The van der Waals surface area contributed by atoms with Crippen LogP contribution in [-0.4, -0.2) is 17.7 Å². The first-order chi connectivity index (χ1) is 8.89. The monoisotopic (exact) mass is 425 g/mol. The molecular weight excluding hydrogens is 416 g/mol. The van der Waals surface area contributed by atoms with Crippen molar-refractivity contribution in [3.63, 3.8) is 0 Å². The van der Waals surface area contributed by atoms with Gasteiger partial charge in [0.1, 0.15) is 0 Å². The summed E-state index contributed by atoms with van der Waals surface area (Å²) in [6, 6.07) is 11.6. The van der Waals surface area contributed by atoms with E-state index in [9.17, 15) is 22.8 Å². The van der Waals surface area contributed by atoms with Gasteiger partial charge in [-0.05, 0) is 10.8 Å². The second-order valence-electron chi connectivity index (χ2n) is 4.05. The van der Waals surface area contributed by atoms with Crippen LogP contribution in [0.1, 0.15) is 16.8 Å². The molecule has 0 unspecified atom stereocenters. The minimum Gasteiger partial charge on any atom is -0.294 e. The van der Waals surface area contributed by atoms with E-state index in [2.05, 4.69) is 0 Å². The molecule has 0 bridgehead atoms. The molecule has 0 saturated heterocycles. The number of alkyl halides is 3. The minimum atomic E-state index is -4.97. The molecule has 2 aromatic carbocycles. The summed E-state index contributed by atoms with van der Waals surface area (Å²) in [5.74, 6) is -2.84. The molecule has 6 heteroatoms. The molecule has 107 valence electrons. The second kappa shape index (κ2) is 6.71. The third-order valence-corrected chi connectivity index (χ3v) is 2.73. The molecule has 0 saturated carbocycles. The number of hydrogen-bond acceptors (Lipinski definition) is 2. The third kappa shape index (κ3) is 3.82. The number of benzene rings is 2. The number of fused-ring (bicyclic) bond motifs is 1. The van der Waals surface area contributed by atoms with E-state index in [-0.39, 0.29) is 44.2 Å². The molecule has 2 aromatic rings. The number of carbonyl (C=O) groups is 2. The molecule has 20 heavy (non-hydrogen) atoms. The van der Waals surface area contributed by atoms with E-state index in [1.165, 1.54) is 6.07 Å². The average molecular weight is 425 g/mol. The summed E-state index contributed by atoms with van der Waals surface area (Å²) < 4.78 is 36.4. The molecule has 0 aliphatic carbocycles. The fourth-order valence-corrected chi connectivity index (χ4v) is 1.81. The van der Waals surface area contributed by atoms with Gasteiger partial charge in [0.15, 0.2) is 5.78 Å².